The monoisotopic (exact) mass is 390 g/mol. The minimum absolute atomic E-state index is 0.0197. The van der Waals surface area contributed by atoms with Crippen molar-refractivity contribution in [1.82, 2.24) is 9.78 Å². The SMILES string of the molecule is CCCc1ccccc1NC(=O)C(=O)Nc1ccnn1C1CCS(=O)(=O)C1. The fourth-order valence-electron chi connectivity index (χ4n) is 3.15. The van der Waals surface area contributed by atoms with E-state index >= 15 is 0 Å². The third-order valence-corrected chi connectivity index (χ3v) is 6.21. The first-order valence-electron chi connectivity index (χ1n) is 8.84. The zero-order valence-corrected chi connectivity index (χ0v) is 15.8. The van der Waals surface area contributed by atoms with Crippen LogP contribution < -0.4 is 10.6 Å². The van der Waals surface area contributed by atoms with E-state index in [9.17, 15) is 18.0 Å². The molecule has 0 saturated carbocycles. The molecule has 1 saturated heterocycles. The summed E-state index contributed by atoms with van der Waals surface area (Å²) in [4.78, 5) is 24.6. The number of carbonyl (C=O) groups is 2. The molecule has 1 aromatic heterocycles. The number of sulfone groups is 1. The number of para-hydroxylation sites is 1. The van der Waals surface area contributed by atoms with E-state index in [0.29, 0.717) is 17.9 Å². The van der Waals surface area contributed by atoms with Gasteiger partial charge in [0, 0.05) is 11.8 Å². The standard InChI is InChI=1S/C18H22N4O4S/c1-2-5-13-6-3-4-7-15(13)20-17(23)18(24)21-16-8-10-19-22(16)14-9-11-27(25,26)12-14/h3-4,6-8,10,14H,2,5,9,11-12H2,1H3,(H,20,23)(H,21,24). The summed E-state index contributed by atoms with van der Waals surface area (Å²) in [6, 6.07) is 8.54. The third-order valence-electron chi connectivity index (χ3n) is 4.46. The average Bonchev–Trinajstić information content (AvgIpc) is 3.22. The van der Waals surface area contributed by atoms with Crippen molar-refractivity contribution in [3.8, 4) is 0 Å². The van der Waals surface area contributed by atoms with Crippen molar-refractivity contribution in [3.63, 3.8) is 0 Å². The molecule has 1 aromatic carbocycles. The minimum Gasteiger partial charge on any atom is -0.318 e. The van der Waals surface area contributed by atoms with Crippen molar-refractivity contribution in [2.75, 3.05) is 22.1 Å². The van der Waals surface area contributed by atoms with Gasteiger partial charge in [-0.25, -0.2) is 13.1 Å². The molecule has 2 heterocycles. The van der Waals surface area contributed by atoms with Crippen molar-refractivity contribution in [2.24, 2.45) is 0 Å². The van der Waals surface area contributed by atoms with Crippen LogP contribution in [0.15, 0.2) is 36.5 Å². The number of nitrogens with zero attached hydrogens (tertiary/aromatic N) is 2. The highest BCUT2D eigenvalue weighted by atomic mass is 32.2. The van der Waals surface area contributed by atoms with Gasteiger partial charge in [0.1, 0.15) is 5.82 Å². The van der Waals surface area contributed by atoms with Crippen molar-refractivity contribution in [2.45, 2.75) is 32.2 Å². The molecule has 9 heteroatoms. The molecule has 0 radical (unpaired) electrons. The summed E-state index contributed by atoms with van der Waals surface area (Å²) >= 11 is 0. The van der Waals surface area contributed by atoms with Gasteiger partial charge in [0.25, 0.3) is 0 Å². The Balaban J connectivity index is 1.68. The highest BCUT2D eigenvalue weighted by Crippen LogP contribution is 2.26. The van der Waals surface area contributed by atoms with E-state index in [4.69, 9.17) is 0 Å². The topological polar surface area (TPSA) is 110 Å². The van der Waals surface area contributed by atoms with Crippen LogP contribution in [-0.2, 0) is 25.8 Å². The second kappa shape index (κ2) is 7.91. The van der Waals surface area contributed by atoms with E-state index in [2.05, 4.69) is 15.7 Å². The van der Waals surface area contributed by atoms with Gasteiger partial charge in [0.15, 0.2) is 9.84 Å². The second-order valence-electron chi connectivity index (χ2n) is 6.53. The highest BCUT2D eigenvalue weighted by molar-refractivity contribution is 7.91. The molecule has 2 amide bonds. The van der Waals surface area contributed by atoms with Crippen LogP contribution in [0.5, 0.6) is 0 Å². The lowest BCUT2D eigenvalue weighted by Crippen LogP contribution is -2.31. The summed E-state index contributed by atoms with van der Waals surface area (Å²) in [6.45, 7) is 2.04. The number of aromatic nitrogens is 2. The summed E-state index contributed by atoms with van der Waals surface area (Å²) in [6.07, 6.45) is 3.61. The molecule has 2 aromatic rings. The average molecular weight is 390 g/mol. The molecule has 27 heavy (non-hydrogen) atoms. The van der Waals surface area contributed by atoms with Crippen molar-refractivity contribution in [3.05, 3.63) is 42.1 Å². The quantitative estimate of drug-likeness (QED) is 0.756. The van der Waals surface area contributed by atoms with Gasteiger partial charge in [0.05, 0.1) is 23.7 Å². The van der Waals surface area contributed by atoms with Crippen molar-refractivity contribution in [1.29, 1.82) is 0 Å². The van der Waals surface area contributed by atoms with E-state index in [0.717, 1.165) is 18.4 Å². The Labute approximate surface area is 157 Å². The highest BCUT2D eigenvalue weighted by Gasteiger charge is 2.31. The maximum absolute atomic E-state index is 12.3. The first-order valence-corrected chi connectivity index (χ1v) is 10.7. The van der Waals surface area contributed by atoms with E-state index in [1.54, 1.807) is 18.2 Å². The first-order chi connectivity index (χ1) is 12.9. The smallest absolute Gasteiger partial charge is 0.315 e. The third kappa shape index (κ3) is 4.54. The summed E-state index contributed by atoms with van der Waals surface area (Å²) in [5.74, 6) is -1.23. The summed E-state index contributed by atoms with van der Waals surface area (Å²) < 4.78 is 24.8. The van der Waals surface area contributed by atoms with E-state index in [1.807, 2.05) is 19.1 Å². The number of hydrogen-bond donors (Lipinski definition) is 2. The molecule has 8 nitrogen and oxygen atoms in total. The molecule has 1 fully saturated rings. The molecule has 1 atom stereocenters. The molecule has 0 bridgehead atoms. The van der Waals surface area contributed by atoms with E-state index in [1.165, 1.54) is 10.9 Å². The second-order valence-corrected chi connectivity index (χ2v) is 8.76. The Bertz CT molecular complexity index is 952. The summed E-state index contributed by atoms with van der Waals surface area (Å²) in [5.41, 5.74) is 1.57. The number of nitrogens with one attached hydrogen (secondary N) is 2. The number of rotatable bonds is 5. The first kappa shape index (κ1) is 19.1. The lowest BCUT2D eigenvalue weighted by molar-refractivity contribution is -0.133. The zero-order valence-electron chi connectivity index (χ0n) is 15.0. The Hall–Kier alpha value is -2.68. The molecule has 0 spiro atoms. The van der Waals surface area contributed by atoms with Crippen LogP contribution >= 0.6 is 0 Å². The van der Waals surface area contributed by atoms with Gasteiger partial charge < -0.3 is 10.6 Å². The van der Waals surface area contributed by atoms with E-state index in [-0.39, 0.29) is 17.5 Å². The minimum atomic E-state index is -3.09. The fraction of sp³-hybridized carbons (Fsp3) is 0.389. The van der Waals surface area contributed by atoms with Gasteiger partial charge in [-0.2, -0.15) is 5.10 Å². The predicted octanol–water partition coefficient (Wildman–Crippen LogP) is 1.77. The molecule has 1 unspecified atom stereocenters. The number of hydrogen-bond acceptors (Lipinski definition) is 5. The summed E-state index contributed by atoms with van der Waals surface area (Å²) in [7, 11) is -3.09. The molecule has 144 valence electrons. The van der Waals surface area contributed by atoms with Gasteiger partial charge in [-0.15, -0.1) is 0 Å². The van der Waals surface area contributed by atoms with Gasteiger partial charge in [-0.1, -0.05) is 31.5 Å². The molecular weight excluding hydrogens is 368 g/mol. The van der Waals surface area contributed by atoms with Crippen LogP contribution in [0.1, 0.15) is 31.4 Å². The van der Waals surface area contributed by atoms with Crippen LogP contribution in [0, 0.1) is 0 Å². The number of carbonyl (C=O) groups excluding carboxylic acids is 2. The van der Waals surface area contributed by atoms with Crippen LogP contribution in [-0.4, -0.2) is 41.5 Å². The number of amides is 2. The number of benzene rings is 1. The Morgan fingerprint density at radius 3 is 2.63 bits per heavy atom. The lowest BCUT2D eigenvalue weighted by atomic mass is 10.1. The molecule has 2 N–H and O–H groups in total. The van der Waals surface area contributed by atoms with Gasteiger partial charge >= 0.3 is 11.8 Å². The fourth-order valence-corrected chi connectivity index (χ4v) is 4.85. The van der Waals surface area contributed by atoms with E-state index < -0.39 is 21.7 Å². The maximum Gasteiger partial charge on any atom is 0.315 e. The van der Waals surface area contributed by atoms with Gasteiger partial charge in [-0.05, 0) is 24.5 Å². The molecular formula is C18H22N4O4S. The zero-order chi connectivity index (χ0) is 19.4. The number of anilines is 2. The van der Waals surface area contributed by atoms with Crippen molar-refractivity contribution < 1.29 is 18.0 Å². The normalized spacial score (nSPS) is 18.2. The Morgan fingerprint density at radius 1 is 1.19 bits per heavy atom. The Kier molecular flexibility index (Phi) is 5.59. The van der Waals surface area contributed by atoms with Crippen molar-refractivity contribution >= 4 is 33.2 Å². The predicted molar refractivity (Wildman–Crippen MR) is 102 cm³/mol. The van der Waals surface area contributed by atoms with Crippen LogP contribution in [0.4, 0.5) is 11.5 Å². The van der Waals surface area contributed by atoms with Gasteiger partial charge in [-0.3, -0.25) is 9.59 Å². The number of aryl methyl sites for hydroxylation is 1. The molecule has 1 aliphatic rings. The summed E-state index contributed by atoms with van der Waals surface area (Å²) in [5, 5.41) is 9.26. The lowest BCUT2D eigenvalue weighted by Gasteiger charge is -2.14. The molecule has 0 aliphatic carbocycles. The van der Waals surface area contributed by atoms with Crippen LogP contribution in [0.2, 0.25) is 0 Å². The maximum atomic E-state index is 12.3. The Morgan fingerprint density at radius 2 is 1.93 bits per heavy atom. The van der Waals surface area contributed by atoms with Crippen LogP contribution in [0.25, 0.3) is 0 Å². The molecule has 1 aliphatic heterocycles. The molecule has 3 rings (SSSR count). The van der Waals surface area contributed by atoms with Gasteiger partial charge in [0.2, 0.25) is 0 Å². The van der Waals surface area contributed by atoms with Crippen LogP contribution in [0.3, 0.4) is 0 Å². The largest absolute Gasteiger partial charge is 0.318 e.